The van der Waals surface area contributed by atoms with Crippen LogP contribution in [0, 0.1) is 6.92 Å². The third-order valence-electron chi connectivity index (χ3n) is 2.81. The van der Waals surface area contributed by atoms with Gasteiger partial charge in [0.05, 0.1) is 0 Å². The van der Waals surface area contributed by atoms with Gasteiger partial charge in [0, 0.05) is 0 Å². The van der Waals surface area contributed by atoms with E-state index in [9.17, 15) is 0 Å². The Hall–Kier alpha value is -1.56. The van der Waals surface area contributed by atoms with Gasteiger partial charge >= 0.3 is 0 Å². The van der Waals surface area contributed by atoms with E-state index < -0.39 is 0 Å². The summed E-state index contributed by atoms with van der Waals surface area (Å²) < 4.78 is 0. The van der Waals surface area contributed by atoms with Gasteiger partial charge < -0.3 is 0 Å². The fraction of sp³-hybridized carbons (Fsp3) is 0.333. The highest BCUT2D eigenvalue weighted by atomic mass is 14.1. The Morgan fingerprint density at radius 2 is 1.78 bits per heavy atom. The van der Waals surface area contributed by atoms with Gasteiger partial charge in [-0.3, -0.25) is 0 Å². The number of rotatable bonds is 4. The summed E-state index contributed by atoms with van der Waals surface area (Å²) in [5.41, 5.74) is 5.33. The quantitative estimate of drug-likeness (QED) is 0.437. The first-order valence-corrected chi connectivity index (χ1v) is 5.67. The molecule has 0 aliphatic carbocycles. The van der Waals surface area contributed by atoms with E-state index in [1.807, 2.05) is 6.08 Å². The zero-order valence-electron chi connectivity index (χ0n) is 10.5. The molecule has 18 heavy (non-hydrogen) atoms. The fourth-order valence-corrected chi connectivity index (χ4v) is 1.67. The minimum Gasteiger partial charge on any atom is -0.103 e. The van der Waals surface area contributed by atoms with Crippen molar-refractivity contribution in [1.29, 1.82) is 0 Å². The molecular weight excluding hydrogens is 216 g/mol. The van der Waals surface area contributed by atoms with E-state index in [0.717, 1.165) is 6.42 Å². The lowest BCUT2D eigenvalue weighted by Gasteiger charge is -2.08. The molecule has 0 amide bonds. The van der Waals surface area contributed by atoms with Crippen LogP contribution >= 0.6 is 0 Å². The van der Waals surface area contributed by atoms with Gasteiger partial charge in [-0.25, -0.2) is 0 Å². The zero-order valence-corrected chi connectivity index (χ0v) is 10.5. The van der Waals surface area contributed by atoms with Crippen molar-refractivity contribution in [2.75, 3.05) is 0 Å². The molecule has 0 heterocycles. The van der Waals surface area contributed by atoms with E-state index >= 15 is 0 Å². The second-order valence-electron chi connectivity index (χ2n) is 4.05. The molecule has 1 aromatic carbocycles. The maximum Gasteiger partial charge on any atom is -0.0169 e. The monoisotopic (exact) mass is 244 g/mol. The van der Waals surface area contributed by atoms with Crippen LogP contribution in [-0.2, 0) is 0 Å². The molecule has 1 aromatic rings. The van der Waals surface area contributed by atoms with E-state index in [2.05, 4.69) is 63.8 Å². The third kappa shape index (κ3) is 5.18. The molecule has 0 heteroatoms. The molecule has 0 aliphatic rings. The van der Waals surface area contributed by atoms with E-state index in [0.29, 0.717) is 0 Å². The number of benzene rings is 1. The highest BCUT2D eigenvalue weighted by Gasteiger charge is 2.00. The molecule has 0 saturated heterocycles. The predicted molar refractivity (Wildman–Crippen MR) is 86.9 cm³/mol. The first-order valence-electron chi connectivity index (χ1n) is 5.67. The van der Waals surface area contributed by atoms with Gasteiger partial charge in [-0.1, -0.05) is 57.3 Å². The van der Waals surface area contributed by atoms with Crippen molar-refractivity contribution in [1.82, 2.24) is 0 Å². The minimum atomic E-state index is 0. The predicted octanol–water partition coefficient (Wildman–Crippen LogP) is 6.19. The van der Waals surface area contributed by atoms with Crippen molar-refractivity contribution < 1.29 is 0 Å². The average Bonchev–Trinajstić information content (AvgIpc) is 2.29. The number of aryl methyl sites for hydroxylation is 1. The van der Waals surface area contributed by atoms with E-state index in [-0.39, 0.29) is 14.9 Å². The Kier molecular flexibility index (Phi) is 9.89. The van der Waals surface area contributed by atoms with Gasteiger partial charge in [0.2, 0.25) is 0 Å². The van der Waals surface area contributed by atoms with Crippen LogP contribution in [0.1, 0.15) is 46.2 Å². The molecule has 100 valence electrons. The third-order valence-corrected chi connectivity index (χ3v) is 2.81. The van der Waals surface area contributed by atoms with Crippen molar-refractivity contribution >= 4 is 5.57 Å². The van der Waals surface area contributed by atoms with Gasteiger partial charge in [-0.15, -0.1) is 6.58 Å². The van der Waals surface area contributed by atoms with E-state index in [4.69, 9.17) is 0 Å². The topological polar surface area (TPSA) is 0 Å². The molecule has 0 radical (unpaired) electrons. The normalized spacial score (nSPS) is 11.3. The summed E-state index contributed by atoms with van der Waals surface area (Å²) in [6.07, 6.45) is 7.15. The molecule has 0 atom stereocenters. The van der Waals surface area contributed by atoms with E-state index in [1.54, 1.807) is 0 Å². The second-order valence-corrected chi connectivity index (χ2v) is 4.05. The minimum absolute atomic E-state index is 0. The smallest absolute Gasteiger partial charge is 0.0169 e. The van der Waals surface area contributed by atoms with Crippen LogP contribution in [-0.4, -0.2) is 0 Å². The summed E-state index contributed by atoms with van der Waals surface area (Å²) in [4.78, 5) is 0. The summed E-state index contributed by atoms with van der Waals surface area (Å²) in [6, 6.07) is 8.50. The van der Waals surface area contributed by atoms with Crippen LogP contribution in [0.25, 0.3) is 5.57 Å². The summed E-state index contributed by atoms with van der Waals surface area (Å²) >= 11 is 0. The number of hydrogen-bond donors (Lipinski definition) is 0. The maximum atomic E-state index is 3.71. The van der Waals surface area contributed by atoms with Crippen LogP contribution < -0.4 is 0 Å². The zero-order chi connectivity index (χ0) is 12.0. The standard InChI is InChI=1S/C16H20.2CH4/c1-5-6-7-10-13(2)15(4)16-12-9-8-11-14(16)3;;/h5,7-12H,1,6H2,2-4H3;2*1H4/b10-7-,15-13+;;. The number of allylic oxidation sites excluding steroid dienone is 5. The molecular formula is C18H28. The van der Waals surface area contributed by atoms with Crippen LogP contribution in [0.2, 0.25) is 0 Å². The van der Waals surface area contributed by atoms with Crippen LogP contribution in [0.5, 0.6) is 0 Å². The highest BCUT2D eigenvalue weighted by molar-refractivity contribution is 5.70. The Morgan fingerprint density at radius 1 is 1.17 bits per heavy atom. The van der Waals surface area contributed by atoms with Crippen molar-refractivity contribution in [3.8, 4) is 0 Å². The lowest BCUT2D eigenvalue weighted by atomic mass is 9.98. The Morgan fingerprint density at radius 3 is 2.33 bits per heavy atom. The highest BCUT2D eigenvalue weighted by Crippen LogP contribution is 2.22. The van der Waals surface area contributed by atoms with Gasteiger partial charge in [-0.05, 0) is 49.5 Å². The second kappa shape index (κ2) is 9.47. The first-order chi connectivity index (χ1) is 7.66. The number of hydrogen-bond acceptors (Lipinski definition) is 0. The van der Waals surface area contributed by atoms with Crippen LogP contribution in [0.15, 0.2) is 54.6 Å². The van der Waals surface area contributed by atoms with Crippen molar-refractivity contribution in [2.45, 2.75) is 42.0 Å². The van der Waals surface area contributed by atoms with Gasteiger partial charge in [0.25, 0.3) is 0 Å². The lowest BCUT2D eigenvalue weighted by Crippen LogP contribution is -1.87. The largest absolute Gasteiger partial charge is 0.103 e. The summed E-state index contributed by atoms with van der Waals surface area (Å²) in [5.74, 6) is 0. The van der Waals surface area contributed by atoms with Gasteiger partial charge in [-0.2, -0.15) is 0 Å². The molecule has 0 nitrogen and oxygen atoms in total. The molecule has 0 aliphatic heterocycles. The Labute approximate surface area is 114 Å². The fourth-order valence-electron chi connectivity index (χ4n) is 1.67. The molecule has 0 spiro atoms. The van der Waals surface area contributed by atoms with Crippen molar-refractivity contribution in [2.24, 2.45) is 0 Å². The van der Waals surface area contributed by atoms with Crippen LogP contribution in [0.4, 0.5) is 0 Å². The molecule has 0 fully saturated rings. The molecule has 0 aromatic heterocycles. The molecule has 0 unspecified atom stereocenters. The summed E-state index contributed by atoms with van der Waals surface area (Å²) in [7, 11) is 0. The Bertz CT molecular complexity index is 419. The average molecular weight is 244 g/mol. The van der Waals surface area contributed by atoms with Crippen LogP contribution in [0.3, 0.4) is 0 Å². The molecule has 0 bridgehead atoms. The summed E-state index contributed by atoms with van der Waals surface area (Å²) in [6.45, 7) is 10.2. The molecule has 0 saturated carbocycles. The first kappa shape index (κ1) is 18.8. The van der Waals surface area contributed by atoms with Crippen molar-refractivity contribution in [3.05, 3.63) is 65.8 Å². The molecule has 1 rings (SSSR count). The lowest BCUT2D eigenvalue weighted by molar-refractivity contribution is 1.35. The maximum absolute atomic E-state index is 3.71. The summed E-state index contributed by atoms with van der Waals surface area (Å²) in [5, 5.41) is 0. The van der Waals surface area contributed by atoms with Gasteiger partial charge in [0.1, 0.15) is 0 Å². The van der Waals surface area contributed by atoms with E-state index in [1.165, 1.54) is 22.3 Å². The SMILES string of the molecule is C.C.C=CC/C=C\C(C)=C(/C)c1ccccc1C. The van der Waals surface area contributed by atoms with Crippen molar-refractivity contribution in [3.63, 3.8) is 0 Å². The van der Waals surface area contributed by atoms with Gasteiger partial charge in [0.15, 0.2) is 0 Å². The molecule has 0 N–H and O–H groups in total. The Balaban J connectivity index is 0.